The van der Waals surface area contributed by atoms with Crippen LogP contribution in [0.15, 0.2) is 24.5 Å². The summed E-state index contributed by atoms with van der Waals surface area (Å²) in [5.74, 6) is -0.659. The standard InChI is InChI=1S/C14H18F2N6/c1-14(2,3)22-21-13-11(17)12(18-7-19-13)20-10-6-8(15)4-5-9(10)16/h4-7,22H,17H2,1-3H3,(H2,18,19,20,21). The zero-order chi connectivity index (χ0) is 16.3. The summed E-state index contributed by atoms with van der Waals surface area (Å²) in [6, 6.07) is 3.08. The maximum absolute atomic E-state index is 13.7. The van der Waals surface area contributed by atoms with E-state index in [2.05, 4.69) is 26.1 Å². The summed E-state index contributed by atoms with van der Waals surface area (Å²) in [7, 11) is 0. The van der Waals surface area contributed by atoms with E-state index in [0.717, 1.165) is 18.2 Å². The number of nitrogens with one attached hydrogen (secondary N) is 3. The molecule has 0 aliphatic heterocycles. The Hall–Kier alpha value is -2.48. The SMILES string of the molecule is CC(C)(C)NNc1ncnc(Nc2cc(F)ccc2F)c1N. The lowest BCUT2D eigenvalue weighted by Gasteiger charge is -2.22. The first kappa shape index (κ1) is 15.9. The number of nitrogens with two attached hydrogens (primary N) is 1. The van der Waals surface area contributed by atoms with Crippen LogP contribution in [0.1, 0.15) is 20.8 Å². The molecule has 118 valence electrons. The molecule has 0 atom stereocenters. The molecule has 1 aromatic carbocycles. The number of nitrogen functional groups attached to an aromatic ring is 1. The molecule has 1 aromatic heterocycles. The molecule has 0 unspecified atom stereocenters. The molecule has 0 amide bonds. The maximum atomic E-state index is 13.7. The second kappa shape index (κ2) is 6.10. The van der Waals surface area contributed by atoms with Gasteiger partial charge in [-0.05, 0) is 32.9 Å². The van der Waals surface area contributed by atoms with Crippen molar-refractivity contribution in [3.05, 3.63) is 36.2 Å². The lowest BCUT2D eigenvalue weighted by molar-refractivity contribution is 0.464. The summed E-state index contributed by atoms with van der Waals surface area (Å²) >= 11 is 0. The summed E-state index contributed by atoms with van der Waals surface area (Å²) < 4.78 is 26.8. The van der Waals surface area contributed by atoms with E-state index in [0.29, 0.717) is 5.82 Å². The van der Waals surface area contributed by atoms with Crippen molar-refractivity contribution in [3.63, 3.8) is 0 Å². The molecule has 0 bridgehead atoms. The summed E-state index contributed by atoms with van der Waals surface area (Å²) in [4.78, 5) is 7.95. The minimum Gasteiger partial charge on any atom is -0.393 e. The maximum Gasteiger partial charge on any atom is 0.169 e. The van der Waals surface area contributed by atoms with Crippen LogP contribution in [-0.4, -0.2) is 15.5 Å². The second-order valence-electron chi connectivity index (χ2n) is 5.73. The van der Waals surface area contributed by atoms with Gasteiger partial charge in [-0.15, -0.1) is 0 Å². The number of rotatable bonds is 4. The average Bonchev–Trinajstić information content (AvgIpc) is 2.43. The number of hydrogen-bond acceptors (Lipinski definition) is 6. The Morgan fingerprint density at radius 2 is 1.77 bits per heavy atom. The van der Waals surface area contributed by atoms with E-state index in [1.54, 1.807) is 0 Å². The van der Waals surface area contributed by atoms with Crippen LogP contribution in [0.4, 0.5) is 31.8 Å². The zero-order valence-corrected chi connectivity index (χ0v) is 12.5. The predicted octanol–water partition coefficient (Wildman–Crippen LogP) is 2.80. The molecular formula is C14H18F2N6. The highest BCUT2D eigenvalue weighted by Crippen LogP contribution is 2.27. The molecule has 2 rings (SSSR count). The molecule has 0 saturated heterocycles. The predicted molar refractivity (Wildman–Crippen MR) is 82.6 cm³/mol. The summed E-state index contributed by atoms with van der Waals surface area (Å²) in [5.41, 5.74) is 11.7. The molecule has 8 heteroatoms. The van der Waals surface area contributed by atoms with E-state index in [4.69, 9.17) is 5.73 Å². The van der Waals surface area contributed by atoms with Gasteiger partial charge >= 0.3 is 0 Å². The van der Waals surface area contributed by atoms with Crippen molar-refractivity contribution in [2.45, 2.75) is 26.3 Å². The smallest absolute Gasteiger partial charge is 0.169 e. The van der Waals surface area contributed by atoms with E-state index in [1.807, 2.05) is 20.8 Å². The lowest BCUT2D eigenvalue weighted by atomic mass is 10.1. The van der Waals surface area contributed by atoms with Gasteiger partial charge in [0, 0.05) is 11.6 Å². The van der Waals surface area contributed by atoms with Gasteiger partial charge in [0.05, 0.1) is 5.69 Å². The molecule has 0 spiro atoms. The van der Waals surface area contributed by atoms with Gasteiger partial charge in [-0.3, -0.25) is 0 Å². The van der Waals surface area contributed by atoms with Crippen molar-refractivity contribution in [3.8, 4) is 0 Å². The summed E-state index contributed by atoms with van der Waals surface area (Å²) in [6.45, 7) is 5.87. The molecule has 0 saturated carbocycles. The van der Waals surface area contributed by atoms with E-state index >= 15 is 0 Å². The van der Waals surface area contributed by atoms with Crippen LogP contribution in [0.25, 0.3) is 0 Å². The fourth-order valence-corrected chi connectivity index (χ4v) is 1.56. The van der Waals surface area contributed by atoms with Crippen LogP contribution < -0.4 is 21.9 Å². The fourth-order valence-electron chi connectivity index (χ4n) is 1.56. The zero-order valence-electron chi connectivity index (χ0n) is 12.5. The van der Waals surface area contributed by atoms with Crippen LogP contribution in [-0.2, 0) is 0 Å². The van der Waals surface area contributed by atoms with Gasteiger partial charge in [0.15, 0.2) is 11.6 Å². The first-order chi connectivity index (χ1) is 10.3. The first-order valence-electron chi connectivity index (χ1n) is 6.62. The second-order valence-corrected chi connectivity index (χ2v) is 5.73. The van der Waals surface area contributed by atoms with Gasteiger partial charge in [0.2, 0.25) is 0 Å². The minimum atomic E-state index is -0.610. The van der Waals surface area contributed by atoms with Crippen LogP contribution in [0.5, 0.6) is 0 Å². The lowest BCUT2D eigenvalue weighted by Crippen LogP contribution is -2.40. The van der Waals surface area contributed by atoms with E-state index in [9.17, 15) is 8.78 Å². The largest absolute Gasteiger partial charge is 0.393 e. The van der Waals surface area contributed by atoms with Crippen molar-refractivity contribution < 1.29 is 8.78 Å². The van der Waals surface area contributed by atoms with Crippen LogP contribution in [0, 0.1) is 11.6 Å². The average molecular weight is 308 g/mol. The summed E-state index contributed by atoms with van der Waals surface area (Å²) in [5, 5.41) is 2.66. The van der Waals surface area contributed by atoms with Gasteiger partial charge in [0.25, 0.3) is 0 Å². The number of hydrazine groups is 1. The molecule has 1 heterocycles. The van der Waals surface area contributed by atoms with Gasteiger partial charge in [-0.2, -0.15) is 0 Å². The van der Waals surface area contributed by atoms with E-state index < -0.39 is 11.6 Å². The molecular weight excluding hydrogens is 290 g/mol. The third-order valence-corrected chi connectivity index (χ3v) is 2.62. The third-order valence-electron chi connectivity index (χ3n) is 2.62. The monoisotopic (exact) mass is 308 g/mol. The van der Waals surface area contributed by atoms with Gasteiger partial charge in [0.1, 0.15) is 23.6 Å². The van der Waals surface area contributed by atoms with E-state index in [-0.39, 0.29) is 22.7 Å². The Morgan fingerprint density at radius 3 is 2.45 bits per heavy atom. The van der Waals surface area contributed by atoms with Crippen LogP contribution in [0.3, 0.4) is 0 Å². The molecule has 0 aliphatic rings. The van der Waals surface area contributed by atoms with Crippen molar-refractivity contribution in [2.24, 2.45) is 0 Å². The number of aromatic nitrogens is 2. The molecule has 0 radical (unpaired) electrons. The van der Waals surface area contributed by atoms with Gasteiger partial charge in [-0.1, -0.05) is 0 Å². The number of anilines is 4. The van der Waals surface area contributed by atoms with Crippen LogP contribution in [0.2, 0.25) is 0 Å². The highest BCUT2D eigenvalue weighted by molar-refractivity contribution is 5.77. The third kappa shape index (κ3) is 4.01. The topological polar surface area (TPSA) is 87.9 Å². The van der Waals surface area contributed by atoms with Gasteiger partial charge in [-0.25, -0.2) is 24.2 Å². The highest BCUT2D eigenvalue weighted by Gasteiger charge is 2.13. The summed E-state index contributed by atoms with van der Waals surface area (Å²) in [6.07, 6.45) is 1.27. The number of halogens is 2. The van der Waals surface area contributed by atoms with Crippen molar-refractivity contribution in [1.29, 1.82) is 0 Å². The molecule has 6 nitrogen and oxygen atoms in total. The van der Waals surface area contributed by atoms with E-state index in [1.165, 1.54) is 6.33 Å². The number of hydrogen-bond donors (Lipinski definition) is 4. The highest BCUT2D eigenvalue weighted by atomic mass is 19.1. The normalized spacial score (nSPS) is 11.3. The number of nitrogens with zero attached hydrogens (tertiary/aromatic N) is 2. The molecule has 22 heavy (non-hydrogen) atoms. The Labute approximate surface area is 127 Å². The molecule has 2 aromatic rings. The molecule has 0 fully saturated rings. The Morgan fingerprint density at radius 1 is 1.09 bits per heavy atom. The van der Waals surface area contributed by atoms with Crippen LogP contribution >= 0.6 is 0 Å². The van der Waals surface area contributed by atoms with Crippen molar-refractivity contribution >= 4 is 23.0 Å². The Bertz CT molecular complexity index is 669. The minimum absolute atomic E-state index is 0.0554. The van der Waals surface area contributed by atoms with Crippen molar-refractivity contribution in [2.75, 3.05) is 16.5 Å². The number of benzene rings is 1. The quantitative estimate of drug-likeness (QED) is 0.650. The van der Waals surface area contributed by atoms with Crippen molar-refractivity contribution in [1.82, 2.24) is 15.4 Å². The molecule has 0 aliphatic carbocycles. The Balaban J connectivity index is 2.23. The first-order valence-corrected chi connectivity index (χ1v) is 6.62. The van der Waals surface area contributed by atoms with Gasteiger partial charge < -0.3 is 16.5 Å². The fraction of sp³-hybridized carbons (Fsp3) is 0.286. The molecule has 5 N–H and O–H groups in total. The Kier molecular flexibility index (Phi) is 4.41.